The SMILES string of the molecule is Cn1cccc(C(=O)NCCNC(=O)c2ccccc2Cl)c1=O. The van der Waals surface area contributed by atoms with Gasteiger partial charge in [0.05, 0.1) is 10.6 Å². The topological polar surface area (TPSA) is 80.2 Å². The van der Waals surface area contributed by atoms with E-state index in [1.165, 1.54) is 10.6 Å². The number of hydrogen-bond acceptors (Lipinski definition) is 3. The van der Waals surface area contributed by atoms with Crippen molar-refractivity contribution in [2.24, 2.45) is 7.05 Å². The van der Waals surface area contributed by atoms with Crippen molar-refractivity contribution in [3.05, 3.63) is 69.1 Å². The Balaban J connectivity index is 1.85. The highest BCUT2D eigenvalue weighted by Crippen LogP contribution is 2.14. The van der Waals surface area contributed by atoms with Gasteiger partial charge in [-0.1, -0.05) is 23.7 Å². The molecule has 23 heavy (non-hydrogen) atoms. The molecule has 2 aromatic rings. The summed E-state index contributed by atoms with van der Waals surface area (Å²) < 4.78 is 1.33. The molecule has 1 aromatic heterocycles. The van der Waals surface area contributed by atoms with E-state index in [0.29, 0.717) is 10.6 Å². The molecule has 0 aliphatic heterocycles. The average Bonchev–Trinajstić information content (AvgIpc) is 2.54. The van der Waals surface area contributed by atoms with E-state index in [0.717, 1.165) is 0 Å². The highest BCUT2D eigenvalue weighted by Gasteiger charge is 2.11. The van der Waals surface area contributed by atoms with Gasteiger partial charge in [0.15, 0.2) is 0 Å². The Morgan fingerprint density at radius 1 is 1.00 bits per heavy atom. The van der Waals surface area contributed by atoms with Crippen molar-refractivity contribution in [1.29, 1.82) is 0 Å². The van der Waals surface area contributed by atoms with E-state index in [1.807, 2.05) is 0 Å². The standard InChI is InChI=1S/C16H16ClN3O3/c1-20-10-4-6-12(16(20)23)15(22)19-9-8-18-14(21)11-5-2-3-7-13(11)17/h2-7,10H,8-9H2,1H3,(H,18,21)(H,19,22). The number of hydrogen-bond donors (Lipinski definition) is 2. The summed E-state index contributed by atoms with van der Waals surface area (Å²) >= 11 is 5.93. The zero-order chi connectivity index (χ0) is 16.8. The van der Waals surface area contributed by atoms with Gasteiger partial charge < -0.3 is 15.2 Å². The first-order valence-corrected chi connectivity index (χ1v) is 7.35. The van der Waals surface area contributed by atoms with Gasteiger partial charge in [0.25, 0.3) is 17.4 Å². The lowest BCUT2D eigenvalue weighted by atomic mass is 10.2. The molecule has 0 bridgehead atoms. The fourth-order valence-corrected chi connectivity index (χ4v) is 2.18. The van der Waals surface area contributed by atoms with Crippen LogP contribution in [-0.4, -0.2) is 29.5 Å². The van der Waals surface area contributed by atoms with Crippen LogP contribution in [0.3, 0.4) is 0 Å². The summed E-state index contributed by atoms with van der Waals surface area (Å²) in [6.45, 7) is 0.427. The fourth-order valence-electron chi connectivity index (χ4n) is 1.96. The molecule has 2 rings (SSSR count). The Kier molecular flexibility index (Phi) is 5.54. The predicted molar refractivity (Wildman–Crippen MR) is 87.8 cm³/mol. The zero-order valence-electron chi connectivity index (χ0n) is 12.5. The summed E-state index contributed by atoms with van der Waals surface area (Å²) in [7, 11) is 1.57. The maximum absolute atomic E-state index is 11.9. The molecular formula is C16H16ClN3O3. The molecule has 0 saturated carbocycles. The second kappa shape index (κ2) is 7.60. The highest BCUT2D eigenvalue weighted by molar-refractivity contribution is 6.33. The molecule has 0 atom stereocenters. The number of nitrogens with zero attached hydrogens (tertiary/aromatic N) is 1. The Hall–Kier alpha value is -2.60. The minimum atomic E-state index is -0.474. The molecular weight excluding hydrogens is 318 g/mol. The van der Waals surface area contributed by atoms with Crippen LogP contribution in [0.2, 0.25) is 5.02 Å². The first-order valence-electron chi connectivity index (χ1n) is 6.97. The molecule has 7 heteroatoms. The molecule has 2 amide bonds. The van der Waals surface area contributed by atoms with Crippen LogP contribution in [0.15, 0.2) is 47.4 Å². The molecule has 120 valence electrons. The molecule has 0 spiro atoms. The lowest BCUT2D eigenvalue weighted by molar-refractivity contribution is 0.0926. The van der Waals surface area contributed by atoms with Gasteiger partial charge in [-0.25, -0.2) is 0 Å². The quantitative estimate of drug-likeness (QED) is 0.807. The molecule has 1 aromatic carbocycles. The molecule has 0 radical (unpaired) electrons. The van der Waals surface area contributed by atoms with Crippen molar-refractivity contribution >= 4 is 23.4 Å². The number of rotatable bonds is 5. The monoisotopic (exact) mass is 333 g/mol. The molecule has 0 saturated heterocycles. The third kappa shape index (κ3) is 4.20. The molecule has 2 N–H and O–H groups in total. The largest absolute Gasteiger partial charge is 0.350 e. The smallest absolute Gasteiger partial charge is 0.263 e. The summed E-state index contributed by atoms with van der Waals surface area (Å²) in [5.41, 5.74) is 0.0648. The second-order valence-corrected chi connectivity index (χ2v) is 5.24. The van der Waals surface area contributed by atoms with Gasteiger partial charge in [0.2, 0.25) is 0 Å². The maximum Gasteiger partial charge on any atom is 0.263 e. The summed E-state index contributed by atoms with van der Waals surface area (Å²) in [6, 6.07) is 9.77. The summed E-state index contributed by atoms with van der Waals surface area (Å²) in [6.07, 6.45) is 1.57. The number of aryl methyl sites for hydroxylation is 1. The Morgan fingerprint density at radius 3 is 2.22 bits per heavy atom. The minimum Gasteiger partial charge on any atom is -0.350 e. The van der Waals surface area contributed by atoms with E-state index >= 15 is 0 Å². The van der Waals surface area contributed by atoms with E-state index in [-0.39, 0.29) is 30.1 Å². The summed E-state index contributed by atoms with van der Waals surface area (Å²) in [4.78, 5) is 35.6. The van der Waals surface area contributed by atoms with Gasteiger partial charge in [0.1, 0.15) is 5.56 Å². The number of pyridine rings is 1. The van der Waals surface area contributed by atoms with E-state index in [1.54, 1.807) is 43.6 Å². The molecule has 0 unspecified atom stereocenters. The van der Waals surface area contributed by atoms with Crippen molar-refractivity contribution < 1.29 is 9.59 Å². The number of amides is 2. The van der Waals surface area contributed by atoms with Crippen LogP contribution in [0.5, 0.6) is 0 Å². The molecule has 0 aliphatic carbocycles. The van der Waals surface area contributed by atoms with E-state index < -0.39 is 5.91 Å². The zero-order valence-corrected chi connectivity index (χ0v) is 13.3. The molecule has 0 aliphatic rings. The predicted octanol–water partition coefficient (Wildman–Crippen LogP) is 1.20. The lowest BCUT2D eigenvalue weighted by Gasteiger charge is -2.08. The van der Waals surface area contributed by atoms with E-state index in [9.17, 15) is 14.4 Å². The average molecular weight is 334 g/mol. The highest BCUT2D eigenvalue weighted by atomic mass is 35.5. The number of benzene rings is 1. The molecule has 6 nitrogen and oxygen atoms in total. The van der Waals surface area contributed by atoms with Gasteiger partial charge in [-0.05, 0) is 24.3 Å². The van der Waals surface area contributed by atoms with Crippen LogP contribution in [-0.2, 0) is 7.05 Å². The summed E-state index contributed by atoms with van der Waals surface area (Å²) in [5.74, 6) is -0.793. The first kappa shape index (κ1) is 16.8. The maximum atomic E-state index is 11.9. The van der Waals surface area contributed by atoms with Crippen LogP contribution in [0.25, 0.3) is 0 Å². The van der Waals surface area contributed by atoms with Crippen LogP contribution in [0, 0.1) is 0 Å². The van der Waals surface area contributed by atoms with Crippen molar-refractivity contribution in [2.45, 2.75) is 0 Å². The van der Waals surface area contributed by atoms with Crippen LogP contribution in [0.1, 0.15) is 20.7 Å². The van der Waals surface area contributed by atoms with Gasteiger partial charge >= 0.3 is 0 Å². The van der Waals surface area contributed by atoms with Gasteiger partial charge in [0, 0.05) is 26.3 Å². The Labute approximate surface area is 138 Å². The fraction of sp³-hybridized carbons (Fsp3) is 0.188. The van der Waals surface area contributed by atoms with Crippen molar-refractivity contribution in [3.8, 4) is 0 Å². The summed E-state index contributed by atoms with van der Waals surface area (Å²) in [5, 5.41) is 5.60. The number of nitrogens with one attached hydrogen (secondary N) is 2. The van der Waals surface area contributed by atoms with Crippen molar-refractivity contribution in [3.63, 3.8) is 0 Å². The Bertz CT molecular complexity index is 786. The number of halogens is 1. The van der Waals surface area contributed by atoms with Crippen molar-refractivity contribution in [1.82, 2.24) is 15.2 Å². The van der Waals surface area contributed by atoms with Gasteiger partial charge in [-0.2, -0.15) is 0 Å². The van der Waals surface area contributed by atoms with Crippen LogP contribution in [0.4, 0.5) is 0 Å². The number of carbonyl (C=O) groups excluding carboxylic acids is 2. The third-order valence-electron chi connectivity index (χ3n) is 3.18. The number of aromatic nitrogens is 1. The molecule has 0 fully saturated rings. The van der Waals surface area contributed by atoms with E-state index in [2.05, 4.69) is 10.6 Å². The van der Waals surface area contributed by atoms with E-state index in [4.69, 9.17) is 11.6 Å². The van der Waals surface area contributed by atoms with Gasteiger partial charge in [-0.3, -0.25) is 14.4 Å². The normalized spacial score (nSPS) is 10.2. The van der Waals surface area contributed by atoms with Crippen molar-refractivity contribution in [2.75, 3.05) is 13.1 Å². The number of carbonyl (C=O) groups is 2. The van der Waals surface area contributed by atoms with Gasteiger partial charge in [-0.15, -0.1) is 0 Å². The molecule has 1 heterocycles. The lowest BCUT2D eigenvalue weighted by Crippen LogP contribution is -2.37. The van der Waals surface area contributed by atoms with Crippen LogP contribution < -0.4 is 16.2 Å². The second-order valence-electron chi connectivity index (χ2n) is 4.83. The minimum absolute atomic E-state index is 0.0624. The van der Waals surface area contributed by atoms with Crippen LogP contribution >= 0.6 is 11.6 Å². The third-order valence-corrected chi connectivity index (χ3v) is 3.51. The Morgan fingerprint density at radius 2 is 1.57 bits per heavy atom. The first-order chi connectivity index (χ1) is 11.0.